The lowest BCUT2D eigenvalue weighted by molar-refractivity contribution is 0.0320. The van der Waals surface area contributed by atoms with Crippen molar-refractivity contribution in [1.29, 1.82) is 0 Å². The van der Waals surface area contributed by atoms with E-state index in [0.717, 1.165) is 42.3 Å². The second-order valence-corrected chi connectivity index (χ2v) is 6.52. The van der Waals surface area contributed by atoms with E-state index in [0.29, 0.717) is 6.10 Å². The lowest BCUT2D eigenvalue weighted by Crippen LogP contribution is -2.42. The van der Waals surface area contributed by atoms with Crippen LogP contribution in [0.4, 0.5) is 4.39 Å². The molecule has 0 amide bonds. The maximum Gasteiger partial charge on any atom is 0.124 e. The second kappa shape index (κ2) is 7.53. The van der Waals surface area contributed by atoms with Crippen molar-refractivity contribution in [3.63, 3.8) is 0 Å². The van der Waals surface area contributed by atoms with Crippen LogP contribution in [0.1, 0.15) is 38.7 Å². The number of rotatable bonds is 6. The summed E-state index contributed by atoms with van der Waals surface area (Å²) in [5.41, 5.74) is 1.01. The van der Waals surface area contributed by atoms with Crippen molar-refractivity contribution < 1.29 is 9.13 Å². The van der Waals surface area contributed by atoms with E-state index in [2.05, 4.69) is 35.1 Å². The van der Waals surface area contributed by atoms with Crippen molar-refractivity contribution in [2.24, 2.45) is 0 Å². The normalized spacial score (nSPS) is 24.0. The SMILES string of the molecule is CCCNC(Cc1cc(F)cc(Br)c1)C1CCC(C)O1. The highest BCUT2D eigenvalue weighted by Crippen LogP contribution is 2.24. The Bertz CT molecular complexity index is 420. The first-order valence-corrected chi connectivity index (χ1v) is 8.21. The number of ether oxygens (including phenoxy) is 1. The molecule has 0 radical (unpaired) electrons. The molecule has 1 fully saturated rings. The van der Waals surface area contributed by atoms with E-state index >= 15 is 0 Å². The van der Waals surface area contributed by atoms with Crippen LogP contribution in [0.2, 0.25) is 0 Å². The number of benzene rings is 1. The molecular formula is C16H23BrFNO. The van der Waals surface area contributed by atoms with Gasteiger partial charge in [0, 0.05) is 10.5 Å². The van der Waals surface area contributed by atoms with Crippen molar-refractivity contribution in [2.75, 3.05) is 6.54 Å². The molecule has 0 bridgehead atoms. The standard InChI is InChI=1S/C16H23BrFNO/c1-3-6-19-15(16-5-4-11(2)20-16)9-12-7-13(17)10-14(18)8-12/h7-8,10-11,15-16,19H,3-6,9H2,1-2H3. The summed E-state index contributed by atoms with van der Waals surface area (Å²) < 4.78 is 20.3. The first kappa shape index (κ1) is 15.9. The zero-order chi connectivity index (χ0) is 14.5. The molecule has 0 saturated carbocycles. The van der Waals surface area contributed by atoms with E-state index in [1.54, 1.807) is 6.07 Å². The largest absolute Gasteiger partial charge is 0.374 e. The van der Waals surface area contributed by atoms with Gasteiger partial charge in [0.15, 0.2) is 0 Å². The minimum atomic E-state index is -0.190. The summed E-state index contributed by atoms with van der Waals surface area (Å²) in [4.78, 5) is 0. The second-order valence-electron chi connectivity index (χ2n) is 5.60. The minimum Gasteiger partial charge on any atom is -0.374 e. The third-order valence-corrected chi connectivity index (χ3v) is 4.21. The van der Waals surface area contributed by atoms with Crippen molar-refractivity contribution in [3.8, 4) is 0 Å². The zero-order valence-corrected chi connectivity index (χ0v) is 13.7. The van der Waals surface area contributed by atoms with Crippen LogP contribution in [0.25, 0.3) is 0 Å². The fraction of sp³-hybridized carbons (Fsp3) is 0.625. The van der Waals surface area contributed by atoms with Gasteiger partial charge in [-0.05, 0) is 62.9 Å². The molecule has 1 aromatic carbocycles. The summed E-state index contributed by atoms with van der Waals surface area (Å²) in [7, 11) is 0. The topological polar surface area (TPSA) is 21.3 Å². The molecule has 3 atom stereocenters. The number of halogens is 2. The molecule has 1 saturated heterocycles. The van der Waals surface area contributed by atoms with Crippen LogP contribution in [0, 0.1) is 5.82 Å². The number of hydrogen-bond acceptors (Lipinski definition) is 2. The maximum atomic E-state index is 13.5. The Balaban J connectivity index is 2.06. The van der Waals surface area contributed by atoms with Gasteiger partial charge in [-0.2, -0.15) is 0 Å². The molecule has 3 unspecified atom stereocenters. The van der Waals surface area contributed by atoms with Gasteiger partial charge in [0.2, 0.25) is 0 Å². The molecule has 0 aromatic heterocycles. The highest BCUT2D eigenvalue weighted by Gasteiger charge is 2.29. The third kappa shape index (κ3) is 4.54. The van der Waals surface area contributed by atoms with Crippen LogP contribution in [0.3, 0.4) is 0 Å². The van der Waals surface area contributed by atoms with Gasteiger partial charge in [0.05, 0.1) is 12.2 Å². The molecule has 1 aromatic rings. The molecule has 2 rings (SSSR count). The van der Waals surface area contributed by atoms with Crippen LogP contribution in [-0.4, -0.2) is 24.8 Å². The fourth-order valence-electron chi connectivity index (χ4n) is 2.78. The van der Waals surface area contributed by atoms with Crippen molar-refractivity contribution in [2.45, 2.75) is 57.8 Å². The quantitative estimate of drug-likeness (QED) is 0.840. The maximum absolute atomic E-state index is 13.5. The summed E-state index contributed by atoms with van der Waals surface area (Å²) in [6.07, 6.45) is 4.66. The van der Waals surface area contributed by atoms with Gasteiger partial charge < -0.3 is 10.1 Å². The third-order valence-electron chi connectivity index (χ3n) is 3.75. The Labute approximate surface area is 129 Å². The monoisotopic (exact) mass is 343 g/mol. The fourth-order valence-corrected chi connectivity index (χ4v) is 3.29. The van der Waals surface area contributed by atoms with Gasteiger partial charge in [-0.15, -0.1) is 0 Å². The Hall–Kier alpha value is -0.450. The molecule has 0 spiro atoms. The molecule has 1 aliphatic rings. The first-order valence-electron chi connectivity index (χ1n) is 7.42. The Morgan fingerprint density at radius 2 is 2.20 bits per heavy atom. The zero-order valence-electron chi connectivity index (χ0n) is 12.2. The van der Waals surface area contributed by atoms with Gasteiger partial charge in [0.1, 0.15) is 5.82 Å². The molecular weight excluding hydrogens is 321 g/mol. The van der Waals surface area contributed by atoms with Crippen molar-refractivity contribution >= 4 is 15.9 Å². The summed E-state index contributed by atoms with van der Waals surface area (Å²) in [5, 5.41) is 3.56. The van der Waals surface area contributed by atoms with Crippen LogP contribution in [0.5, 0.6) is 0 Å². The summed E-state index contributed by atoms with van der Waals surface area (Å²) >= 11 is 3.36. The van der Waals surface area contributed by atoms with Gasteiger partial charge in [-0.1, -0.05) is 22.9 Å². The highest BCUT2D eigenvalue weighted by atomic mass is 79.9. The Morgan fingerprint density at radius 1 is 1.40 bits per heavy atom. The predicted molar refractivity (Wildman–Crippen MR) is 83.5 cm³/mol. The van der Waals surface area contributed by atoms with Gasteiger partial charge in [0.25, 0.3) is 0 Å². The van der Waals surface area contributed by atoms with Gasteiger partial charge in [-0.25, -0.2) is 4.39 Å². The van der Waals surface area contributed by atoms with E-state index in [-0.39, 0.29) is 18.0 Å². The molecule has 1 heterocycles. The summed E-state index contributed by atoms with van der Waals surface area (Å²) in [6.45, 7) is 5.24. The van der Waals surface area contributed by atoms with Gasteiger partial charge in [-0.3, -0.25) is 0 Å². The molecule has 112 valence electrons. The summed E-state index contributed by atoms with van der Waals surface area (Å²) in [5.74, 6) is -0.190. The molecule has 20 heavy (non-hydrogen) atoms. The van der Waals surface area contributed by atoms with Crippen LogP contribution < -0.4 is 5.32 Å². The van der Waals surface area contributed by atoms with Crippen LogP contribution in [0.15, 0.2) is 22.7 Å². The van der Waals surface area contributed by atoms with Gasteiger partial charge >= 0.3 is 0 Å². The summed E-state index contributed by atoms with van der Waals surface area (Å²) in [6, 6.07) is 5.35. The molecule has 0 aliphatic carbocycles. The number of nitrogens with one attached hydrogen (secondary N) is 1. The molecule has 4 heteroatoms. The van der Waals surface area contributed by atoms with Crippen LogP contribution in [-0.2, 0) is 11.2 Å². The highest BCUT2D eigenvalue weighted by molar-refractivity contribution is 9.10. The lowest BCUT2D eigenvalue weighted by Gasteiger charge is -2.25. The van der Waals surface area contributed by atoms with E-state index < -0.39 is 0 Å². The number of hydrogen-bond donors (Lipinski definition) is 1. The first-order chi connectivity index (χ1) is 9.58. The van der Waals surface area contributed by atoms with E-state index in [1.165, 1.54) is 6.07 Å². The predicted octanol–water partition coefficient (Wildman–Crippen LogP) is 4.07. The minimum absolute atomic E-state index is 0.190. The van der Waals surface area contributed by atoms with Crippen molar-refractivity contribution in [1.82, 2.24) is 5.32 Å². The molecule has 1 N–H and O–H groups in total. The molecule has 1 aliphatic heterocycles. The smallest absolute Gasteiger partial charge is 0.124 e. The van der Waals surface area contributed by atoms with Crippen molar-refractivity contribution in [3.05, 3.63) is 34.1 Å². The lowest BCUT2D eigenvalue weighted by atomic mass is 9.99. The Morgan fingerprint density at radius 3 is 2.80 bits per heavy atom. The van der Waals surface area contributed by atoms with Crippen LogP contribution >= 0.6 is 15.9 Å². The van der Waals surface area contributed by atoms with E-state index in [9.17, 15) is 4.39 Å². The average molecular weight is 344 g/mol. The average Bonchev–Trinajstić information content (AvgIpc) is 2.80. The Kier molecular flexibility index (Phi) is 6.00. The van der Waals surface area contributed by atoms with E-state index in [1.807, 2.05) is 6.07 Å². The van der Waals surface area contributed by atoms with E-state index in [4.69, 9.17) is 4.74 Å². The molecule has 2 nitrogen and oxygen atoms in total.